The number of ether oxygens (including phenoxy) is 1. The standard InChI is InChI=1S/C31H28BrClFNO5/c1-31(2,3)22-10-8-19(14-24(22)33)35-28(27(30(38)39)20-9-7-18(34)13-21(20)29(35)37)17-6-11-26(23(32)12-17)40-15-25(36)16-4-5-16/h6-14,16,27-28H,4-5,15H2,1-3H3,(H,38,39)/t27-,28+/m1/s1. The first-order valence-electron chi connectivity index (χ1n) is 13.0. The van der Waals surface area contributed by atoms with E-state index in [1.54, 1.807) is 30.3 Å². The number of nitrogens with zero attached hydrogens (tertiary/aromatic N) is 1. The van der Waals surface area contributed by atoms with Crippen LogP contribution in [-0.2, 0) is 15.0 Å². The van der Waals surface area contributed by atoms with Crippen molar-refractivity contribution in [1.29, 1.82) is 0 Å². The fourth-order valence-corrected chi connectivity index (χ4v) is 6.17. The summed E-state index contributed by atoms with van der Waals surface area (Å²) in [5, 5.41) is 10.9. The minimum absolute atomic E-state index is 0.0164. The van der Waals surface area contributed by atoms with Crippen molar-refractivity contribution in [2.75, 3.05) is 11.5 Å². The molecule has 1 saturated carbocycles. The van der Waals surface area contributed by atoms with Crippen molar-refractivity contribution >= 4 is 50.9 Å². The van der Waals surface area contributed by atoms with Crippen molar-refractivity contribution in [2.45, 2.75) is 51.0 Å². The van der Waals surface area contributed by atoms with Crippen molar-refractivity contribution in [3.8, 4) is 5.75 Å². The molecule has 40 heavy (non-hydrogen) atoms. The van der Waals surface area contributed by atoms with Gasteiger partial charge in [0.15, 0.2) is 5.78 Å². The van der Waals surface area contributed by atoms with Crippen LogP contribution in [0.2, 0.25) is 5.02 Å². The SMILES string of the molecule is CC(C)(C)c1ccc(N2C(=O)c3cc(F)ccc3[C@@H](C(=O)O)[C@@H]2c2ccc(OCC(=O)C3CC3)c(Br)c2)cc1Cl. The number of hydrogen-bond donors (Lipinski definition) is 1. The molecule has 0 radical (unpaired) electrons. The van der Waals surface area contributed by atoms with Gasteiger partial charge in [-0.1, -0.05) is 50.6 Å². The molecular weight excluding hydrogens is 601 g/mol. The lowest BCUT2D eigenvalue weighted by atomic mass is 9.79. The van der Waals surface area contributed by atoms with E-state index < -0.39 is 29.7 Å². The number of anilines is 1. The topological polar surface area (TPSA) is 83.9 Å². The van der Waals surface area contributed by atoms with Gasteiger partial charge in [0.05, 0.1) is 10.5 Å². The Kier molecular flexibility index (Phi) is 7.52. The Balaban J connectivity index is 1.62. The molecule has 1 N–H and O–H groups in total. The molecule has 6 nitrogen and oxygen atoms in total. The molecule has 0 aromatic heterocycles. The Hall–Kier alpha value is -3.23. The molecular formula is C31H28BrClFNO5. The first-order chi connectivity index (χ1) is 18.9. The Labute approximate surface area is 245 Å². The Morgan fingerprint density at radius 1 is 1.10 bits per heavy atom. The van der Waals surface area contributed by atoms with Gasteiger partial charge in [-0.05, 0) is 87.3 Å². The number of carbonyl (C=O) groups is 3. The van der Waals surface area contributed by atoms with Crippen LogP contribution in [0.1, 0.15) is 72.6 Å². The molecule has 1 heterocycles. The predicted octanol–water partition coefficient (Wildman–Crippen LogP) is 7.47. The number of hydrogen-bond acceptors (Lipinski definition) is 4. The van der Waals surface area contributed by atoms with Gasteiger partial charge in [-0.15, -0.1) is 0 Å². The molecule has 2 aliphatic rings. The number of benzene rings is 3. The third-order valence-corrected chi connectivity index (χ3v) is 8.33. The van der Waals surface area contributed by atoms with Crippen molar-refractivity contribution in [1.82, 2.24) is 0 Å². The van der Waals surface area contributed by atoms with Gasteiger partial charge in [0.2, 0.25) is 0 Å². The molecule has 0 bridgehead atoms. The molecule has 0 spiro atoms. The molecule has 0 unspecified atom stereocenters. The van der Waals surface area contributed by atoms with Crippen molar-refractivity contribution in [2.24, 2.45) is 5.92 Å². The molecule has 3 aromatic carbocycles. The highest BCUT2D eigenvalue weighted by atomic mass is 79.9. The van der Waals surface area contributed by atoms with E-state index in [0.717, 1.165) is 30.5 Å². The van der Waals surface area contributed by atoms with Crippen molar-refractivity contribution in [3.63, 3.8) is 0 Å². The van der Waals surface area contributed by atoms with Crippen LogP contribution in [0.4, 0.5) is 10.1 Å². The van der Waals surface area contributed by atoms with E-state index in [0.29, 0.717) is 26.5 Å². The summed E-state index contributed by atoms with van der Waals surface area (Å²) < 4.78 is 20.5. The van der Waals surface area contributed by atoms with E-state index in [9.17, 15) is 23.9 Å². The van der Waals surface area contributed by atoms with Gasteiger partial charge in [0.25, 0.3) is 5.91 Å². The van der Waals surface area contributed by atoms with Crippen molar-refractivity contribution in [3.05, 3.63) is 92.2 Å². The summed E-state index contributed by atoms with van der Waals surface area (Å²) in [4.78, 5) is 40.2. The number of halogens is 3. The zero-order chi connectivity index (χ0) is 28.9. The first-order valence-corrected chi connectivity index (χ1v) is 14.1. The number of amides is 1. The average molecular weight is 629 g/mol. The van der Waals surface area contributed by atoms with Gasteiger partial charge < -0.3 is 9.84 Å². The highest BCUT2D eigenvalue weighted by Crippen LogP contribution is 2.47. The summed E-state index contributed by atoms with van der Waals surface area (Å²) in [6.45, 7) is 6.00. The Bertz CT molecular complexity index is 1530. The zero-order valence-corrected chi connectivity index (χ0v) is 24.6. The van der Waals surface area contributed by atoms with Gasteiger partial charge in [0.1, 0.15) is 24.1 Å². The van der Waals surface area contributed by atoms with Crippen LogP contribution in [-0.4, -0.2) is 29.4 Å². The minimum atomic E-state index is -1.20. The lowest BCUT2D eigenvalue weighted by molar-refractivity contribution is -0.139. The maximum atomic E-state index is 14.3. The summed E-state index contributed by atoms with van der Waals surface area (Å²) in [6, 6.07) is 12.8. The maximum absolute atomic E-state index is 14.3. The van der Waals surface area contributed by atoms with Crippen LogP contribution in [0.5, 0.6) is 5.75 Å². The van der Waals surface area contributed by atoms with Gasteiger partial charge in [0, 0.05) is 22.2 Å². The summed E-state index contributed by atoms with van der Waals surface area (Å²) in [5.74, 6) is -3.01. The van der Waals surface area contributed by atoms with E-state index in [1.807, 2.05) is 26.8 Å². The van der Waals surface area contributed by atoms with Crippen LogP contribution < -0.4 is 9.64 Å². The fourth-order valence-electron chi connectivity index (χ4n) is 5.20. The number of aliphatic carboxylic acids is 1. The van der Waals surface area contributed by atoms with Crippen molar-refractivity contribution < 1.29 is 28.6 Å². The molecule has 9 heteroatoms. The van der Waals surface area contributed by atoms with E-state index in [4.69, 9.17) is 16.3 Å². The highest BCUT2D eigenvalue weighted by Gasteiger charge is 2.45. The van der Waals surface area contributed by atoms with E-state index in [-0.39, 0.29) is 34.8 Å². The van der Waals surface area contributed by atoms with Crippen LogP contribution in [0.15, 0.2) is 59.1 Å². The van der Waals surface area contributed by atoms with Crippen LogP contribution in [0, 0.1) is 11.7 Å². The van der Waals surface area contributed by atoms with Gasteiger partial charge in [-0.2, -0.15) is 0 Å². The molecule has 5 rings (SSSR count). The number of ketones is 1. The lowest BCUT2D eigenvalue weighted by Crippen LogP contribution is -2.45. The molecule has 208 valence electrons. The second kappa shape index (κ2) is 10.6. The molecule has 1 aliphatic carbocycles. The van der Waals surface area contributed by atoms with E-state index in [1.165, 1.54) is 11.0 Å². The number of carbonyl (C=O) groups excluding carboxylic acids is 2. The van der Waals surface area contributed by atoms with Gasteiger partial charge >= 0.3 is 5.97 Å². The van der Waals surface area contributed by atoms with Crippen LogP contribution in [0.25, 0.3) is 0 Å². The molecule has 1 fully saturated rings. The predicted molar refractivity (Wildman–Crippen MR) is 154 cm³/mol. The van der Waals surface area contributed by atoms with Gasteiger partial charge in [-0.25, -0.2) is 4.39 Å². The normalized spacial score (nSPS) is 18.9. The second-order valence-corrected chi connectivity index (χ2v) is 12.6. The Morgan fingerprint density at radius 3 is 2.42 bits per heavy atom. The average Bonchev–Trinajstić information content (AvgIpc) is 3.72. The lowest BCUT2D eigenvalue weighted by Gasteiger charge is -2.41. The van der Waals surface area contributed by atoms with Crippen LogP contribution in [0.3, 0.4) is 0 Å². The second-order valence-electron chi connectivity index (χ2n) is 11.3. The number of carboxylic acid groups (broad SMARTS) is 1. The summed E-state index contributed by atoms with van der Waals surface area (Å²) in [6.07, 6.45) is 1.77. The third kappa shape index (κ3) is 5.39. The molecule has 1 amide bonds. The van der Waals surface area contributed by atoms with E-state index in [2.05, 4.69) is 15.9 Å². The highest BCUT2D eigenvalue weighted by molar-refractivity contribution is 9.10. The summed E-state index contributed by atoms with van der Waals surface area (Å²) in [5.41, 5.74) is 1.72. The number of carboxylic acids is 1. The fraction of sp³-hybridized carbons (Fsp3) is 0.323. The molecule has 0 saturated heterocycles. The van der Waals surface area contributed by atoms with E-state index >= 15 is 0 Å². The smallest absolute Gasteiger partial charge is 0.313 e. The number of fused-ring (bicyclic) bond motifs is 1. The summed E-state index contributed by atoms with van der Waals surface area (Å²) >= 11 is 10.2. The Morgan fingerprint density at radius 2 is 1.82 bits per heavy atom. The monoisotopic (exact) mass is 627 g/mol. The van der Waals surface area contributed by atoms with Crippen LogP contribution >= 0.6 is 27.5 Å². The zero-order valence-electron chi connectivity index (χ0n) is 22.2. The number of Topliss-reactive ketones (excluding diaryl/α,β-unsaturated/α-hetero) is 1. The molecule has 2 atom stereocenters. The molecule has 3 aromatic rings. The van der Waals surface area contributed by atoms with Gasteiger partial charge in [-0.3, -0.25) is 19.3 Å². The third-order valence-electron chi connectivity index (χ3n) is 7.40. The largest absolute Gasteiger partial charge is 0.485 e. The maximum Gasteiger partial charge on any atom is 0.313 e. The minimum Gasteiger partial charge on any atom is -0.485 e. The number of rotatable bonds is 7. The molecule has 1 aliphatic heterocycles. The quantitative estimate of drug-likeness (QED) is 0.294. The summed E-state index contributed by atoms with van der Waals surface area (Å²) in [7, 11) is 0. The first kappa shape index (κ1) is 28.3.